The van der Waals surface area contributed by atoms with Crippen LogP contribution in [0.1, 0.15) is 44.9 Å². The number of halogens is 1. The van der Waals surface area contributed by atoms with Gasteiger partial charge in [0.25, 0.3) is 0 Å². The van der Waals surface area contributed by atoms with Crippen LogP contribution in [0.2, 0.25) is 0 Å². The highest BCUT2D eigenvalue weighted by atomic mass is 35.5. The van der Waals surface area contributed by atoms with Gasteiger partial charge in [-0.15, -0.1) is 11.6 Å². The number of ether oxygens (including phenoxy) is 1. The number of carboxylic acids is 1. The molecule has 0 aliphatic rings. The average molecular weight is 379 g/mol. The lowest BCUT2D eigenvalue weighted by Gasteiger charge is -2.17. The zero-order chi connectivity index (χ0) is 19.1. The molecule has 8 nitrogen and oxygen atoms in total. The van der Waals surface area contributed by atoms with Gasteiger partial charge in [-0.2, -0.15) is 0 Å². The van der Waals surface area contributed by atoms with Gasteiger partial charge in [-0.3, -0.25) is 14.4 Å². The molecule has 0 atom stereocenters. The van der Waals surface area contributed by atoms with E-state index >= 15 is 0 Å². The van der Waals surface area contributed by atoms with Gasteiger partial charge >= 0.3 is 12.1 Å². The Hall–Kier alpha value is -1.83. The van der Waals surface area contributed by atoms with Crippen LogP contribution in [-0.4, -0.2) is 66.4 Å². The molecule has 0 aliphatic heterocycles. The fourth-order valence-corrected chi connectivity index (χ4v) is 2.06. The molecule has 144 valence electrons. The van der Waals surface area contributed by atoms with Gasteiger partial charge in [0, 0.05) is 39.4 Å². The number of carboxylic acid groups (broad SMARTS) is 1. The third-order valence-electron chi connectivity index (χ3n) is 3.38. The summed E-state index contributed by atoms with van der Waals surface area (Å²) in [5, 5.41) is 11.0. The van der Waals surface area contributed by atoms with Gasteiger partial charge in [0.1, 0.15) is 5.78 Å². The normalized spacial score (nSPS) is 10.2. The summed E-state index contributed by atoms with van der Waals surface area (Å²) in [6.45, 7) is 0.981. The van der Waals surface area contributed by atoms with Gasteiger partial charge < -0.3 is 20.1 Å². The summed E-state index contributed by atoms with van der Waals surface area (Å²) in [5.74, 6) is -0.996. The quantitative estimate of drug-likeness (QED) is 0.352. The number of carbonyl (C=O) groups is 4. The summed E-state index contributed by atoms with van der Waals surface area (Å²) in [5.41, 5.74) is 0. The van der Waals surface area contributed by atoms with E-state index in [-0.39, 0.29) is 30.6 Å². The molecule has 9 heteroatoms. The zero-order valence-electron chi connectivity index (χ0n) is 14.6. The van der Waals surface area contributed by atoms with Crippen molar-refractivity contribution in [3.8, 4) is 0 Å². The topological polar surface area (TPSA) is 113 Å². The van der Waals surface area contributed by atoms with E-state index in [9.17, 15) is 19.2 Å². The number of alkyl carbamates (subject to hydrolysis) is 1. The van der Waals surface area contributed by atoms with E-state index in [1.165, 1.54) is 0 Å². The minimum atomic E-state index is -0.859. The van der Waals surface area contributed by atoms with Crippen LogP contribution >= 0.6 is 11.6 Å². The first kappa shape index (κ1) is 23.2. The fourth-order valence-electron chi connectivity index (χ4n) is 1.93. The Kier molecular flexibility index (Phi) is 13.4. The molecule has 25 heavy (non-hydrogen) atoms. The van der Waals surface area contributed by atoms with E-state index < -0.39 is 12.1 Å². The van der Waals surface area contributed by atoms with E-state index in [0.717, 1.165) is 0 Å². The third-order valence-corrected chi connectivity index (χ3v) is 3.68. The maximum Gasteiger partial charge on any atom is 0.407 e. The molecule has 0 radical (unpaired) electrons. The Balaban J connectivity index is 3.61. The summed E-state index contributed by atoms with van der Waals surface area (Å²) in [7, 11) is 1.66. The van der Waals surface area contributed by atoms with Crippen molar-refractivity contribution in [3.63, 3.8) is 0 Å². The van der Waals surface area contributed by atoms with Crippen LogP contribution in [0.4, 0.5) is 4.79 Å². The van der Waals surface area contributed by atoms with Crippen LogP contribution in [0.3, 0.4) is 0 Å². The van der Waals surface area contributed by atoms with Crippen molar-refractivity contribution in [2.75, 3.05) is 32.6 Å². The van der Waals surface area contributed by atoms with Gasteiger partial charge in [-0.1, -0.05) is 0 Å². The van der Waals surface area contributed by atoms with Gasteiger partial charge in [-0.25, -0.2) is 4.79 Å². The Bertz CT molecular complexity index is 444. The molecule has 2 amide bonds. The SMILES string of the molecule is CN(CCCOC(=O)NCCCC(=O)CCl)C(=O)CCCCC(=O)O. The van der Waals surface area contributed by atoms with Crippen molar-refractivity contribution in [1.29, 1.82) is 0 Å². The second-order valence-electron chi connectivity index (χ2n) is 5.61. The number of carbonyl (C=O) groups excluding carboxylic acids is 3. The smallest absolute Gasteiger partial charge is 0.407 e. The summed E-state index contributed by atoms with van der Waals surface area (Å²) in [6.07, 6.45) is 2.20. The highest BCUT2D eigenvalue weighted by Gasteiger charge is 2.09. The monoisotopic (exact) mass is 378 g/mol. The lowest BCUT2D eigenvalue weighted by atomic mass is 10.2. The highest BCUT2D eigenvalue weighted by Crippen LogP contribution is 2.03. The van der Waals surface area contributed by atoms with E-state index in [1.807, 2.05) is 0 Å². The third kappa shape index (κ3) is 14.2. The minimum Gasteiger partial charge on any atom is -0.481 e. The van der Waals surface area contributed by atoms with E-state index in [1.54, 1.807) is 11.9 Å². The molecule has 0 spiro atoms. The Morgan fingerprint density at radius 3 is 2.36 bits per heavy atom. The molecule has 0 aromatic rings. The van der Waals surface area contributed by atoms with Crippen LogP contribution in [0.15, 0.2) is 0 Å². The van der Waals surface area contributed by atoms with Gasteiger partial charge in [0.15, 0.2) is 0 Å². The molecule has 0 unspecified atom stereocenters. The van der Waals surface area contributed by atoms with Gasteiger partial charge in [0.05, 0.1) is 12.5 Å². The summed E-state index contributed by atoms with van der Waals surface area (Å²) >= 11 is 5.36. The number of hydrogen-bond acceptors (Lipinski definition) is 5. The number of ketones is 1. The molecule has 0 fully saturated rings. The standard InChI is InChI=1S/C16H27ClN2O6/c1-19(14(21)7-2-3-8-15(22)23)10-5-11-25-16(24)18-9-4-6-13(20)12-17/h2-12H2,1H3,(H,18,24)(H,22,23). The first-order valence-electron chi connectivity index (χ1n) is 8.30. The van der Waals surface area contributed by atoms with E-state index in [0.29, 0.717) is 51.6 Å². The number of aliphatic carboxylic acids is 1. The molecule has 0 saturated carbocycles. The molecular formula is C16H27ClN2O6. The molecule has 0 bridgehead atoms. The maximum absolute atomic E-state index is 11.8. The maximum atomic E-state index is 11.8. The average Bonchev–Trinajstić information content (AvgIpc) is 2.58. The van der Waals surface area contributed by atoms with Crippen LogP contribution in [0.25, 0.3) is 0 Å². The Labute approximate surface area is 152 Å². The predicted molar refractivity (Wildman–Crippen MR) is 92.7 cm³/mol. The predicted octanol–water partition coefficient (Wildman–Crippen LogP) is 1.79. The summed E-state index contributed by atoms with van der Waals surface area (Å²) in [6, 6.07) is 0. The van der Waals surface area contributed by atoms with Crippen LogP contribution in [0.5, 0.6) is 0 Å². The molecule has 0 heterocycles. The molecule has 0 saturated heterocycles. The molecule has 0 rings (SSSR count). The Morgan fingerprint density at radius 1 is 1.04 bits per heavy atom. The van der Waals surface area contributed by atoms with Crippen molar-refractivity contribution in [3.05, 3.63) is 0 Å². The summed E-state index contributed by atoms with van der Waals surface area (Å²) < 4.78 is 4.97. The number of hydrogen-bond donors (Lipinski definition) is 2. The molecular weight excluding hydrogens is 352 g/mol. The number of nitrogens with one attached hydrogen (secondary N) is 1. The first-order valence-corrected chi connectivity index (χ1v) is 8.84. The number of nitrogens with zero attached hydrogens (tertiary/aromatic N) is 1. The second kappa shape index (κ2) is 14.5. The van der Waals surface area contributed by atoms with Crippen LogP contribution < -0.4 is 5.32 Å². The highest BCUT2D eigenvalue weighted by molar-refractivity contribution is 6.27. The largest absolute Gasteiger partial charge is 0.481 e. The Morgan fingerprint density at radius 2 is 1.72 bits per heavy atom. The summed E-state index contributed by atoms with van der Waals surface area (Å²) in [4.78, 5) is 46.1. The lowest BCUT2D eigenvalue weighted by molar-refractivity contribution is -0.137. The van der Waals surface area contributed by atoms with Crippen LogP contribution in [-0.2, 0) is 19.1 Å². The van der Waals surface area contributed by atoms with Crippen molar-refractivity contribution in [1.82, 2.24) is 10.2 Å². The number of alkyl halides is 1. The minimum absolute atomic E-state index is 0.0176. The molecule has 0 aromatic carbocycles. The van der Waals surface area contributed by atoms with Crippen molar-refractivity contribution < 1.29 is 29.0 Å². The van der Waals surface area contributed by atoms with Gasteiger partial charge in [0.2, 0.25) is 5.91 Å². The number of Topliss-reactive ketones (excluding diaryl/α,β-unsaturated/α-hetero) is 1. The molecule has 0 aromatic heterocycles. The van der Waals surface area contributed by atoms with Crippen molar-refractivity contribution in [2.24, 2.45) is 0 Å². The van der Waals surface area contributed by atoms with E-state index in [4.69, 9.17) is 21.4 Å². The first-order chi connectivity index (χ1) is 11.9. The van der Waals surface area contributed by atoms with Gasteiger partial charge in [-0.05, 0) is 25.7 Å². The van der Waals surface area contributed by atoms with Crippen molar-refractivity contribution >= 4 is 35.4 Å². The molecule has 2 N–H and O–H groups in total. The number of rotatable bonds is 14. The molecule has 0 aliphatic carbocycles. The fraction of sp³-hybridized carbons (Fsp3) is 0.750. The number of amides is 2. The second-order valence-corrected chi connectivity index (χ2v) is 5.88. The lowest BCUT2D eigenvalue weighted by Crippen LogP contribution is -2.30. The number of unbranched alkanes of at least 4 members (excludes halogenated alkanes) is 1. The van der Waals surface area contributed by atoms with Crippen LogP contribution in [0, 0.1) is 0 Å². The van der Waals surface area contributed by atoms with E-state index in [2.05, 4.69) is 5.32 Å². The van der Waals surface area contributed by atoms with Crippen molar-refractivity contribution in [2.45, 2.75) is 44.9 Å². The zero-order valence-corrected chi connectivity index (χ0v) is 15.3.